The maximum absolute atomic E-state index is 5.72. The Bertz CT molecular complexity index is 286. The van der Waals surface area contributed by atoms with Crippen molar-refractivity contribution in [3.8, 4) is 0 Å². The van der Waals surface area contributed by atoms with Crippen LogP contribution in [-0.2, 0) is 6.42 Å². The maximum atomic E-state index is 5.72. The summed E-state index contributed by atoms with van der Waals surface area (Å²) < 4.78 is 0. The van der Waals surface area contributed by atoms with Gasteiger partial charge < -0.3 is 5.73 Å². The van der Waals surface area contributed by atoms with Gasteiger partial charge in [0.05, 0.1) is 6.20 Å². The third-order valence-corrected chi connectivity index (χ3v) is 3.25. The van der Waals surface area contributed by atoms with Crippen LogP contribution in [0, 0.1) is 12.3 Å². The van der Waals surface area contributed by atoms with Gasteiger partial charge in [0.2, 0.25) is 0 Å². The fourth-order valence-corrected chi connectivity index (χ4v) is 1.76. The van der Waals surface area contributed by atoms with Gasteiger partial charge in [0.15, 0.2) is 0 Å². The highest BCUT2D eigenvalue weighted by atomic mass is 15.1. The molecule has 2 rings (SSSR count). The normalized spacial score (nSPS) is 18.9. The van der Waals surface area contributed by atoms with E-state index in [9.17, 15) is 0 Å². The first kappa shape index (κ1) is 8.75. The molecule has 1 fully saturated rings. The molecule has 0 saturated heterocycles. The predicted octanol–water partition coefficient (Wildman–Crippen LogP) is 1.39. The average molecular weight is 179 g/mol. The van der Waals surface area contributed by atoms with Crippen molar-refractivity contribution in [2.45, 2.75) is 32.6 Å². The lowest BCUT2D eigenvalue weighted by Crippen LogP contribution is -2.16. The summed E-state index contributed by atoms with van der Waals surface area (Å²) in [6.45, 7) is 2.92. The number of aromatic amines is 1. The molecule has 3 heteroatoms. The maximum Gasteiger partial charge on any atom is 0.0522 e. The second-order valence-electron chi connectivity index (χ2n) is 4.22. The third kappa shape index (κ3) is 1.75. The Labute approximate surface area is 78.7 Å². The van der Waals surface area contributed by atoms with Crippen molar-refractivity contribution in [3.63, 3.8) is 0 Å². The molecule has 3 N–H and O–H groups in total. The Balaban J connectivity index is 1.90. The molecule has 1 aromatic heterocycles. The van der Waals surface area contributed by atoms with Gasteiger partial charge in [0, 0.05) is 5.69 Å². The van der Waals surface area contributed by atoms with E-state index in [0.717, 1.165) is 13.0 Å². The number of nitrogens with two attached hydrogens (primary N) is 1. The van der Waals surface area contributed by atoms with Gasteiger partial charge in [0.25, 0.3) is 0 Å². The van der Waals surface area contributed by atoms with Crippen LogP contribution in [0.15, 0.2) is 6.20 Å². The monoisotopic (exact) mass is 179 g/mol. The number of aromatic nitrogens is 2. The van der Waals surface area contributed by atoms with Crippen LogP contribution in [0.3, 0.4) is 0 Å². The minimum atomic E-state index is 0.490. The summed E-state index contributed by atoms with van der Waals surface area (Å²) in [6, 6.07) is 0. The van der Waals surface area contributed by atoms with E-state index in [4.69, 9.17) is 5.73 Å². The minimum absolute atomic E-state index is 0.490. The van der Waals surface area contributed by atoms with Crippen molar-refractivity contribution in [3.05, 3.63) is 17.5 Å². The number of hydrogen-bond acceptors (Lipinski definition) is 2. The molecular formula is C10H17N3. The topological polar surface area (TPSA) is 54.7 Å². The van der Waals surface area contributed by atoms with Gasteiger partial charge in [-0.1, -0.05) is 0 Å². The van der Waals surface area contributed by atoms with E-state index in [1.165, 1.54) is 30.5 Å². The second-order valence-corrected chi connectivity index (χ2v) is 4.22. The molecule has 13 heavy (non-hydrogen) atoms. The molecule has 0 bridgehead atoms. The number of rotatable bonds is 4. The molecule has 72 valence electrons. The number of hydrogen-bond donors (Lipinski definition) is 2. The highest BCUT2D eigenvalue weighted by Crippen LogP contribution is 2.48. The van der Waals surface area contributed by atoms with E-state index >= 15 is 0 Å². The van der Waals surface area contributed by atoms with E-state index in [0.29, 0.717) is 5.41 Å². The lowest BCUT2D eigenvalue weighted by atomic mass is 9.97. The Morgan fingerprint density at radius 2 is 2.38 bits per heavy atom. The molecule has 0 aliphatic heterocycles. The van der Waals surface area contributed by atoms with Crippen molar-refractivity contribution in [2.24, 2.45) is 11.1 Å². The molecule has 0 aromatic carbocycles. The van der Waals surface area contributed by atoms with E-state index in [1.807, 2.05) is 6.20 Å². The fourth-order valence-electron chi connectivity index (χ4n) is 1.76. The van der Waals surface area contributed by atoms with Gasteiger partial charge >= 0.3 is 0 Å². The number of aryl methyl sites for hydroxylation is 2. The van der Waals surface area contributed by atoms with Crippen molar-refractivity contribution in [2.75, 3.05) is 6.54 Å². The van der Waals surface area contributed by atoms with Crippen LogP contribution in [-0.4, -0.2) is 16.7 Å². The fraction of sp³-hybridized carbons (Fsp3) is 0.700. The molecular weight excluding hydrogens is 162 g/mol. The highest BCUT2D eigenvalue weighted by molar-refractivity contribution is 5.15. The molecule has 1 aliphatic carbocycles. The van der Waals surface area contributed by atoms with Crippen molar-refractivity contribution >= 4 is 0 Å². The first-order valence-electron chi connectivity index (χ1n) is 4.95. The third-order valence-electron chi connectivity index (χ3n) is 3.25. The van der Waals surface area contributed by atoms with E-state index in [1.54, 1.807) is 0 Å². The van der Waals surface area contributed by atoms with E-state index < -0.39 is 0 Å². The summed E-state index contributed by atoms with van der Waals surface area (Å²) in [4.78, 5) is 0. The molecule has 1 aliphatic rings. The molecule has 0 radical (unpaired) electrons. The first-order chi connectivity index (χ1) is 6.26. The summed E-state index contributed by atoms with van der Waals surface area (Å²) in [7, 11) is 0. The summed E-state index contributed by atoms with van der Waals surface area (Å²) in [5, 5.41) is 6.97. The molecule has 1 aromatic rings. The van der Waals surface area contributed by atoms with E-state index in [-0.39, 0.29) is 0 Å². The van der Waals surface area contributed by atoms with Crippen LogP contribution in [0.1, 0.15) is 30.5 Å². The number of H-pyrrole nitrogens is 1. The number of nitrogens with zero attached hydrogens (tertiary/aromatic N) is 1. The van der Waals surface area contributed by atoms with Gasteiger partial charge in [-0.3, -0.25) is 5.10 Å². The Morgan fingerprint density at radius 3 is 2.85 bits per heavy atom. The molecule has 3 nitrogen and oxygen atoms in total. The highest BCUT2D eigenvalue weighted by Gasteiger charge is 2.40. The number of nitrogens with one attached hydrogen (secondary N) is 1. The zero-order valence-corrected chi connectivity index (χ0v) is 8.14. The smallest absolute Gasteiger partial charge is 0.0522 e. The standard InChI is InChI=1S/C10H17N3/c1-8-9(6-12-13-8)2-3-10(7-11)4-5-10/h6H,2-5,7,11H2,1H3,(H,12,13). The van der Waals surface area contributed by atoms with Crippen LogP contribution in [0.2, 0.25) is 0 Å². The summed E-state index contributed by atoms with van der Waals surface area (Å²) in [6.07, 6.45) is 6.92. The molecule has 0 unspecified atom stereocenters. The lowest BCUT2D eigenvalue weighted by molar-refractivity contribution is 0.478. The van der Waals surface area contributed by atoms with Crippen LogP contribution < -0.4 is 5.73 Å². The Hall–Kier alpha value is -0.830. The van der Waals surface area contributed by atoms with E-state index in [2.05, 4.69) is 17.1 Å². The average Bonchev–Trinajstić information content (AvgIpc) is 2.82. The van der Waals surface area contributed by atoms with Gasteiger partial charge in [-0.25, -0.2) is 0 Å². The van der Waals surface area contributed by atoms with Crippen molar-refractivity contribution in [1.29, 1.82) is 0 Å². The summed E-state index contributed by atoms with van der Waals surface area (Å²) in [5.41, 5.74) is 8.76. The predicted molar refractivity (Wildman–Crippen MR) is 52.4 cm³/mol. The van der Waals surface area contributed by atoms with Gasteiger partial charge in [-0.05, 0) is 50.1 Å². The van der Waals surface area contributed by atoms with Crippen molar-refractivity contribution < 1.29 is 0 Å². The largest absolute Gasteiger partial charge is 0.330 e. The van der Waals surface area contributed by atoms with Gasteiger partial charge in [-0.2, -0.15) is 5.10 Å². The van der Waals surface area contributed by atoms with Crippen LogP contribution in [0.5, 0.6) is 0 Å². The Kier molecular flexibility index (Phi) is 2.12. The minimum Gasteiger partial charge on any atom is -0.330 e. The molecule has 0 amide bonds. The zero-order valence-electron chi connectivity index (χ0n) is 8.14. The summed E-state index contributed by atoms with van der Waals surface area (Å²) in [5.74, 6) is 0. The second kappa shape index (κ2) is 3.14. The molecule has 0 atom stereocenters. The molecule has 1 heterocycles. The lowest BCUT2D eigenvalue weighted by Gasteiger charge is -2.10. The Morgan fingerprint density at radius 1 is 1.62 bits per heavy atom. The summed E-state index contributed by atoms with van der Waals surface area (Å²) >= 11 is 0. The first-order valence-corrected chi connectivity index (χ1v) is 4.95. The quantitative estimate of drug-likeness (QED) is 0.733. The van der Waals surface area contributed by atoms with Gasteiger partial charge in [-0.15, -0.1) is 0 Å². The van der Waals surface area contributed by atoms with Crippen LogP contribution in [0.4, 0.5) is 0 Å². The zero-order chi connectivity index (χ0) is 9.31. The van der Waals surface area contributed by atoms with Crippen LogP contribution in [0.25, 0.3) is 0 Å². The van der Waals surface area contributed by atoms with Crippen LogP contribution >= 0.6 is 0 Å². The van der Waals surface area contributed by atoms with Crippen molar-refractivity contribution in [1.82, 2.24) is 10.2 Å². The molecule has 0 spiro atoms. The van der Waals surface area contributed by atoms with Gasteiger partial charge in [0.1, 0.15) is 0 Å². The SMILES string of the molecule is Cc1[nH]ncc1CCC1(CN)CC1. The molecule has 1 saturated carbocycles.